The van der Waals surface area contributed by atoms with Crippen molar-refractivity contribution in [1.82, 2.24) is 0 Å². The molecule has 1 N–H and O–H groups in total. The number of methoxy groups -OCH3 is 1. The van der Waals surface area contributed by atoms with Gasteiger partial charge >= 0.3 is 0 Å². The zero-order chi connectivity index (χ0) is 13.8. The lowest BCUT2D eigenvalue weighted by Crippen LogP contribution is -2.04. The molecule has 100 valence electrons. The van der Waals surface area contributed by atoms with Gasteiger partial charge in [-0.15, -0.1) is 0 Å². The molecule has 0 saturated heterocycles. The van der Waals surface area contributed by atoms with Crippen LogP contribution in [0.1, 0.15) is 22.8 Å². The van der Waals surface area contributed by atoms with E-state index in [0.29, 0.717) is 6.42 Å². The molecular formula is C16H17BrO2. The minimum atomic E-state index is -0.550. The first-order valence-corrected chi connectivity index (χ1v) is 6.97. The van der Waals surface area contributed by atoms with E-state index in [1.54, 1.807) is 7.11 Å². The van der Waals surface area contributed by atoms with Crippen molar-refractivity contribution in [1.29, 1.82) is 0 Å². The van der Waals surface area contributed by atoms with Crippen molar-refractivity contribution >= 4 is 15.9 Å². The van der Waals surface area contributed by atoms with Crippen LogP contribution in [-0.4, -0.2) is 12.2 Å². The highest BCUT2D eigenvalue weighted by atomic mass is 79.9. The van der Waals surface area contributed by atoms with E-state index < -0.39 is 6.10 Å². The molecule has 2 nitrogen and oxygen atoms in total. The molecule has 0 fully saturated rings. The minimum absolute atomic E-state index is 0.533. The molecule has 1 unspecified atom stereocenters. The van der Waals surface area contributed by atoms with E-state index in [-0.39, 0.29) is 0 Å². The number of hydrogen-bond donors (Lipinski definition) is 1. The summed E-state index contributed by atoms with van der Waals surface area (Å²) in [6, 6.07) is 13.7. The van der Waals surface area contributed by atoms with Gasteiger partial charge in [0.1, 0.15) is 5.75 Å². The van der Waals surface area contributed by atoms with Gasteiger partial charge in [-0.1, -0.05) is 46.3 Å². The number of hydrogen-bond acceptors (Lipinski definition) is 2. The topological polar surface area (TPSA) is 29.5 Å². The average Bonchev–Trinajstić information content (AvgIpc) is 2.39. The van der Waals surface area contributed by atoms with E-state index >= 15 is 0 Å². The van der Waals surface area contributed by atoms with Gasteiger partial charge in [0.25, 0.3) is 0 Å². The Morgan fingerprint density at radius 1 is 1.21 bits per heavy atom. The zero-order valence-electron chi connectivity index (χ0n) is 11.1. The molecule has 0 aliphatic rings. The van der Waals surface area contributed by atoms with Crippen molar-refractivity contribution < 1.29 is 9.84 Å². The molecule has 19 heavy (non-hydrogen) atoms. The molecule has 0 bridgehead atoms. The molecule has 0 aliphatic carbocycles. The summed E-state index contributed by atoms with van der Waals surface area (Å²) in [5.41, 5.74) is 3.07. The molecular weight excluding hydrogens is 304 g/mol. The maximum absolute atomic E-state index is 10.4. The monoisotopic (exact) mass is 320 g/mol. The van der Waals surface area contributed by atoms with Crippen LogP contribution < -0.4 is 4.74 Å². The van der Waals surface area contributed by atoms with Gasteiger partial charge in [0.05, 0.1) is 13.2 Å². The first-order valence-electron chi connectivity index (χ1n) is 6.18. The van der Waals surface area contributed by atoms with E-state index in [4.69, 9.17) is 4.74 Å². The number of aliphatic hydroxyl groups excluding tert-OH is 1. The maximum atomic E-state index is 10.4. The minimum Gasteiger partial charge on any atom is -0.496 e. The number of aryl methyl sites for hydroxylation is 1. The summed E-state index contributed by atoms with van der Waals surface area (Å²) in [5.74, 6) is 0.810. The summed E-state index contributed by atoms with van der Waals surface area (Å²) in [5, 5.41) is 10.4. The van der Waals surface area contributed by atoms with E-state index in [0.717, 1.165) is 21.3 Å². The number of benzene rings is 2. The third-order valence-electron chi connectivity index (χ3n) is 3.12. The largest absolute Gasteiger partial charge is 0.496 e. The van der Waals surface area contributed by atoms with Crippen LogP contribution >= 0.6 is 15.9 Å². The first-order chi connectivity index (χ1) is 9.11. The van der Waals surface area contributed by atoms with Gasteiger partial charge in [-0.2, -0.15) is 0 Å². The molecule has 0 heterocycles. The Kier molecular flexibility index (Phi) is 4.61. The predicted octanol–water partition coefficient (Wildman–Crippen LogP) is 4.04. The first kappa shape index (κ1) is 14.1. The van der Waals surface area contributed by atoms with Crippen molar-refractivity contribution in [3.8, 4) is 5.75 Å². The fourth-order valence-electron chi connectivity index (χ4n) is 2.09. The highest BCUT2D eigenvalue weighted by molar-refractivity contribution is 9.10. The third-order valence-corrected chi connectivity index (χ3v) is 3.81. The van der Waals surface area contributed by atoms with Crippen molar-refractivity contribution in [2.24, 2.45) is 0 Å². The molecule has 0 aliphatic heterocycles. The van der Waals surface area contributed by atoms with Crippen LogP contribution in [0.4, 0.5) is 0 Å². The summed E-state index contributed by atoms with van der Waals surface area (Å²) in [6.07, 6.45) is -0.0163. The second-order valence-corrected chi connectivity index (χ2v) is 5.41. The summed E-state index contributed by atoms with van der Waals surface area (Å²) in [7, 11) is 1.65. The van der Waals surface area contributed by atoms with Crippen molar-refractivity contribution in [2.75, 3.05) is 7.11 Å². The molecule has 0 amide bonds. The molecule has 1 atom stereocenters. The molecule has 2 aromatic carbocycles. The number of para-hydroxylation sites is 1. The lowest BCUT2D eigenvalue weighted by atomic mass is 10.00. The van der Waals surface area contributed by atoms with Crippen molar-refractivity contribution in [3.63, 3.8) is 0 Å². The fraction of sp³-hybridized carbons (Fsp3) is 0.250. The molecule has 0 saturated carbocycles. The summed E-state index contributed by atoms with van der Waals surface area (Å²) in [6.45, 7) is 2.03. The van der Waals surface area contributed by atoms with Gasteiger partial charge in [0.2, 0.25) is 0 Å². The van der Waals surface area contributed by atoms with Crippen LogP contribution in [0.15, 0.2) is 46.9 Å². The van der Waals surface area contributed by atoms with Gasteiger partial charge < -0.3 is 9.84 Å². The molecule has 2 aromatic rings. The number of aliphatic hydroxyl groups is 1. The van der Waals surface area contributed by atoms with E-state index in [1.807, 2.05) is 49.4 Å². The van der Waals surface area contributed by atoms with E-state index in [1.165, 1.54) is 5.56 Å². The molecule has 2 rings (SSSR count). The van der Waals surface area contributed by atoms with E-state index in [2.05, 4.69) is 15.9 Å². The Morgan fingerprint density at radius 3 is 2.63 bits per heavy atom. The zero-order valence-corrected chi connectivity index (χ0v) is 12.6. The summed E-state index contributed by atoms with van der Waals surface area (Å²) in [4.78, 5) is 0. The highest BCUT2D eigenvalue weighted by Gasteiger charge is 2.14. The summed E-state index contributed by atoms with van der Waals surface area (Å²) < 4.78 is 6.25. The van der Waals surface area contributed by atoms with Crippen LogP contribution in [0, 0.1) is 6.92 Å². The van der Waals surface area contributed by atoms with Gasteiger partial charge in [-0.25, -0.2) is 0 Å². The molecule has 0 spiro atoms. The van der Waals surface area contributed by atoms with Crippen LogP contribution in [-0.2, 0) is 6.42 Å². The van der Waals surface area contributed by atoms with Gasteiger partial charge in [0.15, 0.2) is 0 Å². The normalized spacial score (nSPS) is 12.2. The SMILES string of the molecule is COc1ccccc1CC(O)c1ccc(C)cc1Br. The molecule has 0 radical (unpaired) electrons. The van der Waals surface area contributed by atoms with Gasteiger partial charge in [-0.3, -0.25) is 0 Å². The van der Waals surface area contributed by atoms with Crippen LogP contribution in [0.5, 0.6) is 5.75 Å². The average molecular weight is 321 g/mol. The Morgan fingerprint density at radius 2 is 1.95 bits per heavy atom. The maximum Gasteiger partial charge on any atom is 0.122 e. The fourth-order valence-corrected chi connectivity index (χ4v) is 2.85. The Balaban J connectivity index is 2.23. The summed E-state index contributed by atoms with van der Waals surface area (Å²) >= 11 is 3.51. The lowest BCUT2D eigenvalue weighted by Gasteiger charge is -2.15. The van der Waals surface area contributed by atoms with Crippen LogP contribution in [0.3, 0.4) is 0 Å². The van der Waals surface area contributed by atoms with E-state index in [9.17, 15) is 5.11 Å². The van der Waals surface area contributed by atoms with Crippen LogP contribution in [0.25, 0.3) is 0 Å². The Hall–Kier alpha value is -1.32. The van der Waals surface area contributed by atoms with Crippen molar-refractivity contribution in [3.05, 3.63) is 63.6 Å². The molecule has 0 aromatic heterocycles. The second-order valence-electron chi connectivity index (χ2n) is 4.56. The number of halogens is 1. The standard InChI is InChI=1S/C16H17BrO2/c1-11-7-8-13(14(17)9-11)15(18)10-12-5-3-4-6-16(12)19-2/h3-9,15,18H,10H2,1-2H3. The Bertz CT molecular complexity index is 566. The van der Waals surface area contributed by atoms with Gasteiger partial charge in [0, 0.05) is 10.9 Å². The highest BCUT2D eigenvalue weighted by Crippen LogP contribution is 2.29. The smallest absolute Gasteiger partial charge is 0.122 e. The van der Waals surface area contributed by atoms with Crippen molar-refractivity contribution in [2.45, 2.75) is 19.4 Å². The predicted molar refractivity (Wildman–Crippen MR) is 80.5 cm³/mol. The molecule has 3 heteroatoms. The second kappa shape index (κ2) is 6.22. The Labute approximate surface area is 122 Å². The quantitative estimate of drug-likeness (QED) is 0.921. The number of rotatable bonds is 4. The van der Waals surface area contributed by atoms with Gasteiger partial charge in [-0.05, 0) is 35.7 Å². The van der Waals surface area contributed by atoms with Crippen LogP contribution in [0.2, 0.25) is 0 Å². The number of ether oxygens (including phenoxy) is 1. The lowest BCUT2D eigenvalue weighted by molar-refractivity contribution is 0.176. The third kappa shape index (κ3) is 3.37.